The van der Waals surface area contributed by atoms with E-state index in [1.54, 1.807) is 0 Å². The van der Waals surface area contributed by atoms with Crippen molar-refractivity contribution in [1.29, 1.82) is 0 Å². The van der Waals surface area contributed by atoms with Gasteiger partial charge in [0, 0.05) is 19.1 Å². The Labute approximate surface area is 63.6 Å². The van der Waals surface area contributed by atoms with Crippen LogP contribution >= 0.6 is 0 Å². The van der Waals surface area contributed by atoms with Gasteiger partial charge in [-0.2, -0.15) is 0 Å². The normalized spacial score (nSPS) is 18.3. The summed E-state index contributed by atoms with van der Waals surface area (Å²) in [5.41, 5.74) is 3.47. The van der Waals surface area contributed by atoms with Crippen LogP contribution in [-0.2, 0) is 0 Å². The first-order valence-corrected chi connectivity index (χ1v) is 4.38. The lowest BCUT2D eigenvalue weighted by Crippen LogP contribution is -2.39. The third-order valence-electron chi connectivity index (χ3n) is 1.82. The Morgan fingerprint density at radius 3 is 2.50 bits per heavy atom. The minimum atomic E-state index is 0.812. The van der Waals surface area contributed by atoms with Gasteiger partial charge in [0.1, 0.15) is 0 Å². The third-order valence-corrected chi connectivity index (χ3v) is 1.82. The van der Waals surface area contributed by atoms with Crippen molar-refractivity contribution in [2.45, 2.75) is 39.2 Å². The molecule has 1 aliphatic rings. The summed E-state index contributed by atoms with van der Waals surface area (Å²) >= 11 is 0. The number of nitrogens with zero attached hydrogens (tertiary/aromatic N) is 1. The van der Waals surface area contributed by atoms with Crippen LogP contribution in [0.5, 0.6) is 0 Å². The third kappa shape index (κ3) is 2.67. The summed E-state index contributed by atoms with van der Waals surface area (Å²) in [6.45, 7) is 6.74. The van der Waals surface area contributed by atoms with Crippen LogP contribution < -0.4 is 5.43 Å². The van der Waals surface area contributed by atoms with E-state index in [2.05, 4.69) is 24.3 Å². The molecule has 0 bridgehead atoms. The van der Waals surface area contributed by atoms with Gasteiger partial charge in [-0.25, -0.2) is 5.01 Å². The molecule has 0 aromatic carbocycles. The number of hydrogen-bond donors (Lipinski definition) is 1. The minimum absolute atomic E-state index is 0.812. The van der Waals surface area contributed by atoms with Crippen molar-refractivity contribution < 1.29 is 0 Å². The van der Waals surface area contributed by atoms with E-state index in [9.17, 15) is 0 Å². The summed E-state index contributed by atoms with van der Waals surface area (Å²) in [5, 5.41) is 2.32. The van der Waals surface area contributed by atoms with E-state index in [0.29, 0.717) is 0 Å². The fourth-order valence-electron chi connectivity index (χ4n) is 1.05. The molecule has 0 unspecified atom stereocenters. The van der Waals surface area contributed by atoms with Crippen LogP contribution in [-0.4, -0.2) is 24.1 Å². The Morgan fingerprint density at radius 2 is 2.10 bits per heavy atom. The standard InChI is InChI=1S/C8H18N2/c1-3-7-10(4-2)9-8-5-6-8/h8-9H,3-7H2,1-2H3. The van der Waals surface area contributed by atoms with Gasteiger partial charge in [-0.3, -0.25) is 5.43 Å². The fraction of sp³-hybridized carbons (Fsp3) is 1.00. The quantitative estimate of drug-likeness (QED) is 0.583. The van der Waals surface area contributed by atoms with Gasteiger partial charge in [0.2, 0.25) is 0 Å². The Morgan fingerprint density at radius 1 is 1.40 bits per heavy atom. The smallest absolute Gasteiger partial charge is 0.0216 e. The number of rotatable bonds is 5. The molecule has 1 rings (SSSR count). The van der Waals surface area contributed by atoms with Crippen LogP contribution in [0.25, 0.3) is 0 Å². The molecule has 1 fully saturated rings. The molecule has 0 aliphatic heterocycles. The van der Waals surface area contributed by atoms with Gasteiger partial charge in [-0.1, -0.05) is 13.8 Å². The molecular weight excluding hydrogens is 124 g/mol. The molecule has 0 radical (unpaired) electrons. The monoisotopic (exact) mass is 142 g/mol. The van der Waals surface area contributed by atoms with Crippen LogP contribution in [0.4, 0.5) is 0 Å². The van der Waals surface area contributed by atoms with E-state index in [0.717, 1.165) is 12.6 Å². The highest BCUT2D eigenvalue weighted by Gasteiger charge is 2.22. The van der Waals surface area contributed by atoms with E-state index < -0.39 is 0 Å². The van der Waals surface area contributed by atoms with Crippen molar-refractivity contribution in [2.75, 3.05) is 13.1 Å². The molecule has 1 N–H and O–H groups in total. The van der Waals surface area contributed by atoms with Gasteiger partial charge in [0.05, 0.1) is 0 Å². The van der Waals surface area contributed by atoms with Crippen LogP contribution in [0.1, 0.15) is 33.1 Å². The average Bonchev–Trinajstić information content (AvgIpc) is 2.71. The molecular formula is C8H18N2. The zero-order valence-corrected chi connectivity index (χ0v) is 7.06. The van der Waals surface area contributed by atoms with E-state index in [4.69, 9.17) is 0 Å². The number of hydrogen-bond acceptors (Lipinski definition) is 2. The number of hydrazine groups is 1. The summed E-state index contributed by atoms with van der Waals surface area (Å²) in [4.78, 5) is 0. The summed E-state index contributed by atoms with van der Waals surface area (Å²) in [7, 11) is 0. The van der Waals surface area contributed by atoms with Crippen molar-refractivity contribution in [3.8, 4) is 0 Å². The Balaban J connectivity index is 2.05. The molecule has 0 saturated heterocycles. The molecule has 2 nitrogen and oxygen atoms in total. The second-order valence-corrected chi connectivity index (χ2v) is 2.98. The van der Waals surface area contributed by atoms with Crippen molar-refractivity contribution in [1.82, 2.24) is 10.4 Å². The zero-order valence-electron chi connectivity index (χ0n) is 7.06. The van der Waals surface area contributed by atoms with Gasteiger partial charge in [0.15, 0.2) is 0 Å². The van der Waals surface area contributed by atoms with Crippen molar-refractivity contribution >= 4 is 0 Å². The van der Waals surface area contributed by atoms with Crippen LogP contribution in [0.2, 0.25) is 0 Å². The molecule has 0 heterocycles. The van der Waals surface area contributed by atoms with Crippen molar-refractivity contribution in [3.05, 3.63) is 0 Å². The van der Waals surface area contributed by atoms with Gasteiger partial charge < -0.3 is 0 Å². The molecule has 2 heteroatoms. The predicted octanol–water partition coefficient (Wildman–Crippen LogP) is 1.39. The second kappa shape index (κ2) is 3.94. The van der Waals surface area contributed by atoms with Crippen LogP contribution in [0.3, 0.4) is 0 Å². The van der Waals surface area contributed by atoms with E-state index in [1.165, 1.54) is 25.8 Å². The zero-order chi connectivity index (χ0) is 7.40. The topological polar surface area (TPSA) is 15.3 Å². The summed E-state index contributed by atoms with van der Waals surface area (Å²) < 4.78 is 0. The maximum absolute atomic E-state index is 3.47. The highest BCUT2D eigenvalue weighted by molar-refractivity contribution is 4.79. The van der Waals surface area contributed by atoms with Crippen molar-refractivity contribution in [3.63, 3.8) is 0 Å². The molecule has 0 spiro atoms. The first kappa shape index (κ1) is 8.02. The highest BCUT2D eigenvalue weighted by Crippen LogP contribution is 2.18. The van der Waals surface area contributed by atoms with E-state index in [1.807, 2.05) is 0 Å². The maximum atomic E-state index is 3.47. The SMILES string of the molecule is CCCN(CC)NC1CC1. The van der Waals surface area contributed by atoms with Gasteiger partial charge in [-0.05, 0) is 19.3 Å². The van der Waals surface area contributed by atoms with Gasteiger partial charge in [0.25, 0.3) is 0 Å². The molecule has 0 atom stereocenters. The first-order valence-electron chi connectivity index (χ1n) is 4.38. The summed E-state index contributed by atoms with van der Waals surface area (Å²) in [5.74, 6) is 0. The summed E-state index contributed by atoms with van der Waals surface area (Å²) in [6, 6.07) is 0.812. The molecule has 0 aromatic rings. The molecule has 0 aromatic heterocycles. The summed E-state index contributed by atoms with van der Waals surface area (Å²) in [6.07, 6.45) is 3.99. The molecule has 1 saturated carbocycles. The van der Waals surface area contributed by atoms with E-state index in [-0.39, 0.29) is 0 Å². The Hall–Kier alpha value is -0.0800. The Kier molecular flexibility index (Phi) is 3.16. The predicted molar refractivity (Wildman–Crippen MR) is 43.7 cm³/mol. The lowest BCUT2D eigenvalue weighted by atomic mass is 10.4. The maximum Gasteiger partial charge on any atom is 0.0216 e. The van der Waals surface area contributed by atoms with E-state index >= 15 is 0 Å². The first-order chi connectivity index (χ1) is 4.86. The van der Waals surface area contributed by atoms with Gasteiger partial charge >= 0.3 is 0 Å². The molecule has 1 aliphatic carbocycles. The molecule has 10 heavy (non-hydrogen) atoms. The lowest BCUT2D eigenvalue weighted by Gasteiger charge is -2.20. The van der Waals surface area contributed by atoms with Gasteiger partial charge in [-0.15, -0.1) is 0 Å². The van der Waals surface area contributed by atoms with Crippen LogP contribution in [0, 0.1) is 0 Å². The Bertz CT molecular complexity index is 89.3. The second-order valence-electron chi connectivity index (χ2n) is 2.98. The lowest BCUT2D eigenvalue weighted by molar-refractivity contribution is 0.194. The molecule has 60 valence electrons. The largest absolute Gasteiger partial charge is 0.252 e. The molecule has 0 amide bonds. The average molecular weight is 142 g/mol. The van der Waals surface area contributed by atoms with Crippen LogP contribution in [0.15, 0.2) is 0 Å². The fourth-order valence-corrected chi connectivity index (χ4v) is 1.05. The minimum Gasteiger partial charge on any atom is -0.252 e. The van der Waals surface area contributed by atoms with Crippen molar-refractivity contribution in [2.24, 2.45) is 0 Å². The highest BCUT2D eigenvalue weighted by atomic mass is 15.5. The number of nitrogens with one attached hydrogen (secondary N) is 1.